The van der Waals surface area contributed by atoms with Crippen LogP contribution in [-0.4, -0.2) is 14.8 Å². The summed E-state index contributed by atoms with van der Waals surface area (Å²) in [6.45, 7) is 0. The van der Waals surface area contributed by atoms with Crippen LogP contribution in [-0.2, 0) is 13.2 Å². The largest absolute Gasteiger partial charge is 0.416 e. The summed E-state index contributed by atoms with van der Waals surface area (Å²) in [6, 6.07) is 4.96. The van der Waals surface area contributed by atoms with Gasteiger partial charge in [-0.25, -0.2) is 0 Å². The molecule has 0 saturated carbocycles. The summed E-state index contributed by atoms with van der Waals surface area (Å²) < 4.78 is 39.5. The molecule has 17 heavy (non-hydrogen) atoms. The van der Waals surface area contributed by atoms with Gasteiger partial charge in [0.1, 0.15) is 0 Å². The molecule has 0 amide bonds. The number of hydrogen-bond donors (Lipinski definition) is 1. The quantitative estimate of drug-likeness (QED) is 0.798. The smallest absolute Gasteiger partial charge is 0.303 e. The molecule has 0 aliphatic carbocycles. The second-order valence-corrected chi connectivity index (χ2v) is 3.88. The van der Waals surface area contributed by atoms with E-state index >= 15 is 0 Å². The van der Waals surface area contributed by atoms with Crippen LogP contribution in [0.1, 0.15) is 5.56 Å². The van der Waals surface area contributed by atoms with E-state index in [4.69, 9.17) is 12.2 Å². The van der Waals surface area contributed by atoms with E-state index in [1.807, 2.05) is 0 Å². The molecule has 7 heteroatoms. The lowest BCUT2D eigenvalue weighted by Gasteiger charge is -2.08. The Kier molecular flexibility index (Phi) is 2.78. The number of benzene rings is 1. The number of aromatic nitrogens is 3. The minimum atomic E-state index is -4.36. The SMILES string of the molecule is Cn1c(-c2cccc(C(F)(F)F)c2)n[nH]c1=S. The Hall–Kier alpha value is -1.63. The van der Waals surface area contributed by atoms with Gasteiger partial charge in [-0.05, 0) is 24.4 Å². The number of nitrogens with one attached hydrogen (secondary N) is 1. The Labute approximate surface area is 99.9 Å². The molecule has 2 rings (SSSR count). The van der Waals surface area contributed by atoms with E-state index in [0.29, 0.717) is 16.2 Å². The fraction of sp³-hybridized carbons (Fsp3) is 0.200. The highest BCUT2D eigenvalue weighted by Gasteiger charge is 2.30. The van der Waals surface area contributed by atoms with Gasteiger partial charge in [0.15, 0.2) is 10.6 Å². The van der Waals surface area contributed by atoms with Crippen molar-refractivity contribution >= 4 is 12.2 Å². The van der Waals surface area contributed by atoms with Crippen molar-refractivity contribution in [3.8, 4) is 11.4 Å². The molecular weight excluding hydrogens is 251 g/mol. The summed E-state index contributed by atoms with van der Waals surface area (Å²) in [4.78, 5) is 0. The van der Waals surface area contributed by atoms with Crippen LogP contribution < -0.4 is 0 Å². The van der Waals surface area contributed by atoms with E-state index in [2.05, 4.69) is 10.2 Å². The Morgan fingerprint density at radius 2 is 2.06 bits per heavy atom. The molecule has 0 bridgehead atoms. The molecule has 0 radical (unpaired) electrons. The Morgan fingerprint density at radius 1 is 1.35 bits per heavy atom. The Bertz CT molecular complexity index is 597. The zero-order valence-corrected chi connectivity index (χ0v) is 9.56. The Balaban J connectivity index is 2.54. The van der Waals surface area contributed by atoms with Gasteiger partial charge in [-0.15, -0.1) is 0 Å². The highest BCUT2D eigenvalue weighted by Crippen LogP contribution is 2.31. The summed E-state index contributed by atoms with van der Waals surface area (Å²) in [7, 11) is 1.64. The average Bonchev–Trinajstić information content (AvgIpc) is 2.59. The first kappa shape index (κ1) is 11.8. The van der Waals surface area contributed by atoms with Gasteiger partial charge in [0, 0.05) is 12.6 Å². The maximum atomic E-state index is 12.5. The number of H-pyrrole nitrogens is 1. The maximum Gasteiger partial charge on any atom is 0.416 e. The minimum absolute atomic E-state index is 0.359. The third kappa shape index (κ3) is 2.23. The molecule has 1 N–H and O–H groups in total. The number of halogens is 3. The van der Waals surface area contributed by atoms with Crippen LogP contribution in [0.15, 0.2) is 24.3 Å². The van der Waals surface area contributed by atoms with Gasteiger partial charge in [0.2, 0.25) is 0 Å². The minimum Gasteiger partial charge on any atom is -0.303 e. The fourth-order valence-electron chi connectivity index (χ4n) is 1.44. The zero-order chi connectivity index (χ0) is 12.6. The van der Waals surface area contributed by atoms with Crippen molar-refractivity contribution in [1.82, 2.24) is 14.8 Å². The summed E-state index contributed by atoms with van der Waals surface area (Å²) in [6.07, 6.45) is -4.36. The number of nitrogens with zero attached hydrogens (tertiary/aromatic N) is 2. The first-order chi connectivity index (χ1) is 7.89. The highest BCUT2D eigenvalue weighted by molar-refractivity contribution is 7.71. The molecule has 1 aromatic heterocycles. The van der Waals surface area contributed by atoms with E-state index < -0.39 is 11.7 Å². The van der Waals surface area contributed by atoms with E-state index in [1.165, 1.54) is 10.6 Å². The van der Waals surface area contributed by atoms with Crippen molar-refractivity contribution in [2.24, 2.45) is 7.05 Å². The molecule has 90 valence electrons. The van der Waals surface area contributed by atoms with Crippen molar-refractivity contribution in [3.05, 3.63) is 34.6 Å². The van der Waals surface area contributed by atoms with Crippen molar-refractivity contribution in [2.75, 3.05) is 0 Å². The van der Waals surface area contributed by atoms with E-state index in [1.54, 1.807) is 13.1 Å². The van der Waals surface area contributed by atoms with Crippen LogP contribution in [0.5, 0.6) is 0 Å². The van der Waals surface area contributed by atoms with Crippen LogP contribution in [0.25, 0.3) is 11.4 Å². The van der Waals surface area contributed by atoms with Crippen molar-refractivity contribution in [3.63, 3.8) is 0 Å². The third-order valence-corrected chi connectivity index (χ3v) is 2.69. The number of rotatable bonds is 1. The summed E-state index contributed by atoms with van der Waals surface area (Å²) in [5.74, 6) is 0.376. The molecule has 0 unspecified atom stereocenters. The fourth-order valence-corrected chi connectivity index (χ4v) is 1.57. The molecule has 1 heterocycles. The molecule has 0 spiro atoms. The van der Waals surface area contributed by atoms with Gasteiger partial charge in [-0.1, -0.05) is 12.1 Å². The van der Waals surface area contributed by atoms with Crippen molar-refractivity contribution in [1.29, 1.82) is 0 Å². The van der Waals surface area contributed by atoms with Gasteiger partial charge in [0.25, 0.3) is 0 Å². The lowest BCUT2D eigenvalue weighted by atomic mass is 10.1. The van der Waals surface area contributed by atoms with Gasteiger partial charge < -0.3 is 4.57 Å². The van der Waals surface area contributed by atoms with Gasteiger partial charge in [-0.3, -0.25) is 5.10 Å². The number of hydrogen-bond acceptors (Lipinski definition) is 2. The van der Waals surface area contributed by atoms with Crippen molar-refractivity contribution in [2.45, 2.75) is 6.18 Å². The first-order valence-electron chi connectivity index (χ1n) is 4.68. The predicted molar refractivity (Wildman–Crippen MR) is 58.8 cm³/mol. The van der Waals surface area contributed by atoms with Crippen molar-refractivity contribution < 1.29 is 13.2 Å². The molecule has 0 fully saturated rings. The van der Waals surface area contributed by atoms with Crippen LogP contribution in [0.3, 0.4) is 0 Å². The summed E-state index contributed by atoms with van der Waals surface area (Å²) in [5, 5.41) is 6.42. The van der Waals surface area contributed by atoms with Crippen LogP contribution >= 0.6 is 12.2 Å². The van der Waals surface area contributed by atoms with Crippen LogP contribution in [0.4, 0.5) is 13.2 Å². The average molecular weight is 259 g/mol. The first-order valence-corrected chi connectivity index (χ1v) is 5.09. The van der Waals surface area contributed by atoms with E-state index in [9.17, 15) is 13.2 Å². The number of aromatic amines is 1. The molecule has 2 aromatic rings. The van der Waals surface area contributed by atoms with Crippen LogP contribution in [0, 0.1) is 4.77 Å². The van der Waals surface area contributed by atoms with Gasteiger partial charge in [-0.2, -0.15) is 18.3 Å². The van der Waals surface area contributed by atoms with E-state index in [-0.39, 0.29) is 0 Å². The lowest BCUT2D eigenvalue weighted by molar-refractivity contribution is -0.137. The predicted octanol–water partition coefficient (Wildman–Crippen LogP) is 3.16. The monoisotopic (exact) mass is 259 g/mol. The second kappa shape index (κ2) is 3.99. The second-order valence-electron chi connectivity index (χ2n) is 3.49. The molecule has 0 atom stereocenters. The normalized spacial score (nSPS) is 11.8. The lowest BCUT2D eigenvalue weighted by Crippen LogP contribution is -2.05. The Morgan fingerprint density at radius 3 is 2.59 bits per heavy atom. The molecule has 0 aliphatic heterocycles. The topological polar surface area (TPSA) is 33.6 Å². The molecular formula is C10H8F3N3S. The van der Waals surface area contributed by atoms with E-state index in [0.717, 1.165) is 12.1 Å². The third-order valence-electron chi connectivity index (χ3n) is 2.33. The summed E-state index contributed by atoms with van der Waals surface area (Å²) in [5.41, 5.74) is -0.335. The van der Waals surface area contributed by atoms with Crippen LogP contribution in [0.2, 0.25) is 0 Å². The van der Waals surface area contributed by atoms with Gasteiger partial charge >= 0.3 is 6.18 Å². The van der Waals surface area contributed by atoms with Gasteiger partial charge in [0.05, 0.1) is 5.56 Å². The highest BCUT2D eigenvalue weighted by atomic mass is 32.1. The molecule has 0 saturated heterocycles. The standard InChI is InChI=1S/C10H8F3N3S/c1-16-8(14-15-9(16)17)6-3-2-4-7(5-6)10(11,12)13/h2-5H,1H3,(H,15,17). The number of alkyl halides is 3. The zero-order valence-electron chi connectivity index (χ0n) is 8.75. The molecule has 3 nitrogen and oxygen atoms in total. The maximum absolute atomic E-state index is 12.5. The summed E-state index contributed by atoms with van der Waals surface area (Å²) >= 11 is 4.90. The molecule has 0 aliphatic rings. The molecule has 1 aromatic carbocycles.